The van der Waals surface area contributed by atoms with E-state index in [1.807, 2.05) is 24.3 Å². The Labute approximate surface area is 218 Å². The highest BCUT2D eigenvalue weighted by atomic mass is 32.1. The maximum absolute atomic E-state index is 13.5. The van der Waals surface area contributed by atoms with Crippen LogP contribution < -0.4 is 14.8 Å². The molecule has 2 aromatic heterocycles. The number of ether oxygens (including phenoxy) is 2. The van der Waals surface area contributed by atoms with E-state index in [4.69, 9.17) is 21.7 Å². The lowest BCUT2D eigenvalue weighted by atomic mass is 10.1. The number of aromatic hydroxyl groups is 1. The summed E-state index contributed by atoms with van der Waals surface area (Å²) in [5.41, 5.74) is 1.98. The Bertz CT molecular complexity index is 1420. The summed E-state index contributed by atoms with van der Waals surface area (Å²) in [7, 11) is 3.15. The first kappa shape index (κ1) is 25.9. The second-order valence-corrected chi connectivity index (χ2v) is 8.64. The van der Waals surface area contributed by atoms with Crippen LogP contribution in [0.3, 0.4) is 0 Å². The molecule has 0 atom stereocenters. The van der Waals surface area contributed by atoms with Gasteiger partial charge in [-0.05, 0) is 79.2 Å². The Kier molecular flexibility index (Phi) is 8.19. The van der Waals surface area contributed by atoms with Crippen molar-refractivity contribution in [2.45, 2.75) is 25.8 Å². The Morgan fingerprint density at radius 2 is 1.70 bits per heavy atom. The first-order valence-electron chi connectivity index (χ1n) is 11.6. The lowest BCUT2D eigenvalue weighted by molar-refractivity contribution is -0.115. The van der Waals surface area contributed by atoms with Gasteiger partial charge in [-0.3, -0.25) is 9.36 Å². The molecule has 0 aliphatic rings. The second kappa shape index (κ2) is 11.7. The van der Waals surface area contributed by atoms with Gasteiger partial charge >= 0.3 is 0 Å². The number of nitrogens with zero attached hydrogens (tertiary/aromatic N) is 3. The van der Waals surface area contributed by atoms with Crippen molar-refractivity contribution >= 4 is 23.9 Å². The summed E-state index contributed by atoms with van der Waals surface area (Å²) in [6.07, 6.45) is 2.83. The van der Waals surface area contributed by atoms with Gasteiger partial charge in [-0.15, -0.1) is 0 Å². The number of amides is 1. The third-order valence-electron chi connectivity index (χ3n) is 5.88. The van der Waals surface area contributed by atoms with Crippen molar-refractivity contribution in [2.24, 2.45) is 0 Å². The molecule has 0 radical (unpaired) electrons. The van der Waals surface area contributed by atoms with Crippen LogP contribution in [0.2, 0.25) is 0 Å². The average Bonchev–Trinajstić information content (AvgIpc) is 3.14. The number of carbonyl (C=O) groups is 1. The fraction of sp³-hybridized carbons (Fsp3) is 0.222. The Morgan fingerprint density at radius 1 is 1.03 bits per heavy atom. The first-order chi connectivity index (χ1) is 17.9. The third kappa shape index (κ3) is 6.15. The quantitative estimate of drug-likeness (QED) is 0.282. The van der Waals surface area contributed by atoms with Gasteiger partial charge in [-0.1, -0.05) is 12.1 Å². The molecular formula is C27H27FN4O4S. The topological polar surface area (TPSA) is 90.5 Å². The smallest absolute Gasteiger partial charge is 0.231 e. The largest absolute Gasteiger partial charge is 0.497 e. The van der Waals surface area contributed by atoms with Crippen molar-refractivity contribution in [3.05, 3.63) is 88.7 Å². The number of aromatic nitrogens is 3. The lowest BCUT2D eigenvalue weighted by Crippen LogP contribution is -2.18. The van der Waals surface area contributed by atoms with Crippen LogP contribution in [0.5, 0.6) is 17.4 Å². The van der Waals surface area contributed by atoms with Crippen LogP contribution >= 0.6 is 12.2 Å². The normalized spacial score (nSPS) is 10.8. The Balaban J connectivity index is 1.58. The van der Waals surface area contributed by atoms with Gasteiger partial charge in [0, 0.05) is 6.54 Å². The molecule has 1 amide bonds. The van der Waals surface area contributed by atoms with Crippen LogP contribution in [0.1, 0.15) is 17.7 Å². The van der Waals surface area contributed by atoms with Crippen LogP contribution in [-0.4, -0.2) is 39.4 Å². The van der Waals surface area contributed by atoms with Crippen LogP contribution in [0.15, 0.2) is 66.9 Å². The summed E-state index contributed by atoms with van der Waals surface area (Å²) < 4.78 is 27.3. The van der Waals surface area contributed by atoms with Crippen molar-refractivity contribution in [1.82, 2.24) is 14.1 Å². The van der Waals surface area contributed by atoms with Gasteiger partial charge in [0.05, 0.1) is 38.2 Å². The monoisotopic (exact) mass is 522 g/mol. The number of hydrogen-bond acceptors (Lipinski definition) is 6. The van der Waals surface area contributed by atoms with E-state index >= 15 is 0 Å². The highest BCUT2D eigenvalue weighted by Gasteiger charge is 2.21. The maximum Gasteiger partial charge on any atom is 0.231 e. The van der Waals surface area contributed by atoms with E-state index in [1.165, 1.54) is 42.1 Å². The third-order valence-corrected chi connectivity index (χ3v) is 6.28. The number of methoxy groups -OCH3 is 2. The van der Waals surface area contributed by atoms with Crippen molar-refractivity contribution < 1.29 is 23.8 Å². The predicted octanol–water partition coefficient (Wildman–Crippen LogP) is 5.08. The Hall–Kier alpha value is -4.18. The molecule has 192 valence electrons. The van der Waals surface area contributed by atoms with E-state index in [0.717, 1.165) is 17.7 Å². The first-order valence-corrected chi connectivity index (χ1v) is 12.0. The maximum atomic E-state index is 13.5. The number of pyridine rings is 1. The molecule has 0 aliphatic carbocycles. The highest BCUT2D eigenvalue weighted by Crippen LogP contribution is 2.27. The van der Waals surface area contributed by atoms with Crippen molar-refractivity contribution in [3.8, 4) is 23.1 Å². The summed E-state index contributed by atoms with van der Waals surface area (Å²) >= 11 is 5.69. The zero-order valence-electron chi connectivity index (χ0n) is 20.5. The van der Waals surface area contributed by atoms with E-state index in [1.54, 1.807) is 23.8 Å². The molecule has 0 bridgehead atoms. The molecule has 37 heavy (non-hydrogen) atoms. The molecule has 0 saturated carbocycles. The number of anilines is 1. The lowest BCUT2D eigenvalue weighted by Gasteiger charge is -2.10. The summed E-state index contributed by atoms with van der Waals surface area (Å²) in [4.78, 5) is 17.0. The predicted molar refractivity (Wildman–Crippen MR) is 141 cm³/mol. The standard InChI is InChI=1S/C27H27FN4O4S/c1-35-21-11-5-18(6-12-21)4-3-15-31-23(16-25(33)30-24-14-13-22(36-2)17-29-24)26(34)32(27(31)37)20-9-7-19(28)8-10-20/h5-14,17,34H,3-4,15-16H2,1-2H3,(H,29,30,33). The molecule has 0 unspecified atom stereocenters. The molecule has 2 aromatic carbocycles. The molecule has 4 rings (SSSR count). The average molecular weight is 523 g/mol. The molecule has 2 N–H and O–H groups in total. The van der Waals surface area contributed by atoms with E-state index < -0.39 is 5.82 Å². The van der Waals surface area contributed by atoms with E-state index in [0.29, 0.717) is 40.7 Å². The van der Waals surface area contributed by atoms with E-state index in [2.05, 4.69) is 10.3 Å². The van der Waals surface area contributed by atoms with E-state index in [-0.39, 0.29) is 18.2 Å². The number of carbonyl (C=O) groups excluding carboxylic acids is 1. The summed E-state index contributed by atoms with van der Waals surface area (Å²) in [5, 5.41) is 13.9. The van der Waals surface area contributed by atoms with E-state index in [9.17, 15) is 14.3 Å². The molecule has 10 heteroatoms. The fourth-order valence-corrected chi connectivity index (χ4v) is 4.35. The summed E-state index contributed by atoms with van der Waals surface area (Å²) in [5.74, 6) is 0.764. The van der Waals surface area contributed by atoms with Crippen LogP contribution in [-0.2, 0) is 24.2 Å². The van der Waals surface area contributed by atoms with Gasteiger partial charge in [0.15, 0.2) is 4.77 Å². The zero-order valence-corrected chi connectivity index (χ0v) is 21.3. The fourth-order valence-electron chi connectivity index (χ4n) is 3.95. The van der Waals surface area contributed by atoms with Gasteiger partial charge in [-0.2, -0.15) is 0 Å². The van der Waals surface area contributed by atoms with Crippen LogP contribution in [0.25, 0.3) is 5.69 Å². The van der Waals surface area contributed by atoms with Crippen molar-refractivity contribution in [1.29, 1.82) is 0 Å². The van der Waals surface area contributed by atoms with Gasteiger partial charge in [0.2, 0.25) is 11.8 Å². The van der Waals surface area contributed by atoms with Crippen LogP contribution in [0.4, 0.5) is 10.2 Å². The number of aryl methyl sites for hydroxylation is 1. The molecule has 2 heterocycles. The minimum atomic E-state index is -0.403. The van der Waals surface area contributed by atoms with Gasteiger partial charge in [0.25, 0.3) is 0 Å². The molecule has 4 aromatic rings. The summed E-state index contributed by atoms with van der Waals surface area (Å²) in [6, 6.07) is 16.7. The zero-order chi connectivity index (χ0) is 26.4. The number of imidazole rings is 1. The molecule has 0 aliphatic heterocycles. The van der Waals surface area contributed by atoms with Gasteiger partial charge in [0.1, 0.15) is 23.1 Å². The second-order valence-electron chi connectivity index (χ2n) is 8.28. The highest BCUT2D eigenvalue weighted by molar-refractivity contribution is 7.71. The SMILES string of the molecule is COc1ccc(CCCn2c(CC(=O)Nc3ccc(OC)cn3)c(O)n(-c3ccc(F)cc3)c2=S)cc1. The molecular weight excluding hydrogens is 495 g/mol. The molecule has 0 spiro atoms. The number of hydrogen-bond donors (Lipinski definition) is 2. The molecule has 0 fully saturated rings. The minimum absolute atomic E-state index is 0.139. The molecule has 0 saturated heterocycles. The summed E-state index contributed by atoms with van der Waals surface area (Å²) in [6.45, 7) is 0.468. The van der Waals surface area contributed by atoms with Crippen molar-refractivity contribution in [2.75, 3.05) is 19.5 Å². The molecule has 8 nitrogen and oxygen atoms in total. The Morgan fingerprint density at radius 3 is 2.32 bits per heavy atom. The van der Waals surface area contributed by atoms with Gasteiger partial charge < -0.3 is 24.5 Å². The minimum Gasteiger partial charge on any atom is -0.497 e. The van der Waals surface area contributed by atoms with Gasteiger partial charge in [-0.25, -0.2) is 9.37 Å². The van der Waals surface area contributed by atoms with Crippen LogP contribution in [0, 0.1) is 10.6 Å². The number of rotatable bonds is 10. The number of nitrogens with one attached hydrogen (secondary N) is 1. The van der Waals surface area contributed by atoms with Crippen molar-refractivity contribution in [3.63, 3.8) is 0 Å². The number of benzene rings is 2. The number of halogens is 1.